The topological polar surface area (TPSA) is 69.6 Å². The second-order valence-corrected chi connectivity index (χ2v) is 5.51. The SMILES string of the molecule is Cc1nc(CCn2c(Cl)nnc2C(C)(C)C)no1. The molecular weight excluding hydrogens is 254 g/mol. The van der Waals surface area contributed by atoms with E-state index >= 15 is 0 Å². The zero-order valence-corrected chi connectivity index (χ0v) is 11.7. The lowest BCUT2D eigenvalue weighted by molar-refractivity contribution is 0.385. The first kappa shape index (κ1) is 13.0. The van der Waals surface area contributed by atoms with E-state index in [-0.39, 0.29) is 5.41 Å². The third-order valence-electron chi connectivity index (χ3n) is 2.51. The van der Waals surface area contributed by atoms with Crippen LogP contribution in [0.1, 0.15) is 38.3 Å². The van der Waals surface area contributed by atoms with Gasteiger partial charge in [-0.1, -0.05) is 25.9 Å². The second-order valence-electron chi connectivity index (χ2n) is 5.17. The van der Waals surface area contributed by atoms with Crippen molar-refractivity contribution in [3.05, 3.63) is 22.8 Å². The van der Waals surface area contributed by atoms with Gasteiger partial charge < -0.3 is 9.09 Å². The molecule has 0 amide bonds. The molecule has 0 aliphatic carbocycles. The van der Waals surface area contributed by atoms with Crippen molar-refractivity contribution in [3.8, 4) is 0 Å². The summed E-state index contributed by atoms with van der Waals surface area (Å²) in [5.74, 6) is 2.08. The van der Waals surface area contributed by atoms with Crippen LogP contribution >= 0.6 is 11.6 Å². The Morgan fingerprint density at radius 3 is 2.56 bits per heavy atom. The van der Waals surface area contributed by atoms with Gasteiger partial charge in [0.25, 0.3) is 0 Å². The monoisotopic (exact) mass is 269 g/mol. The summed E-state index contributed by atoms with van der Waals surface area (Å²) in [6, 6.07) is 0. The van der Waals surface area contributed by atoms with Gasteiger partial charge in [0.2, 0.25) is 11.2 Å². The number of rotatable bonds is 3. The first-order valence-electron chi connectivity index (χ1n) is 5.76. The normalized spacial score (nSPS) is 12.1. The van der Waals surface area contributed by atoms with E-state index in [1.165, 1.54) is 0 Å². The van der Waals surface area contributed by atoms with E-state index in [0.717, 1.165) is 5.82 Å². The largest absolute Gasteiger partial charge is 0.340 e. The Kier molecular flexibility index (Phi) is 3.38. The minimum absolute atomic E-state index is 0.104. The van der Waals surface area contributed by atoms with Crippen molar-refractivity contribution < 1.29 is 4.52 Å². The number of hydrogen-bond acceptors (Lipinski definition) is 5. The molecule has 6 nitrogen and oxygen atoms in total. The molecule has 0 atom stereocenters. The van der Waals surface area contributed by atoms with Gasteiger partial charge in [-0.05, 0) is 11.6 Å². The van der Waals surface area contributed by atoms with Crippen molar-refractivity contribution in [1.29, 1.82) is 0 Å². The zero-order valence-electron chi connectivity index (χ0n) is 10.9. The maximum atomic E-state index is 6.05. The zero-order chi connectivity index (χ0) is 13.3. The highest BCUT2D eigenvalue weighted by atomic mass is 35.5. The molecule has 2 aromatic heterocycles. The van der Waals surface area contributed by atoms with Gasteiger partial charge in [-0.3, -0.25) is 0 Å². The van der Waals surface area contributed by atoms with Crippen LogP contribution in [-0.2, 0) is 18.4 Å². The predicted molar refractivity (Wildman–Crippen MR) is 66.5 cm³/mol. The molecule has 0 aromatic carbocycles. The van der Waals surface area contributed by atoms with Crippen molar-refractivity contribution in [2.24, 2.45) is 0 Å². The molecule has 0 spiro atoms. The molecule has 2 rings (SSSR count). The van der Waals surface area contributed by atoms with Crippen LogP contribution in [0.4, 0.5) is 0 Å². The lowest BCUT2D eigenvalue weighted by Crippen LogP contribution is -2.20. The van der Waals surface area contributed by atoms with Crippen LogP contribution in [0.25, 0.3) is 0 Å². The third kappa shape index (κ3) is 2.69. The molecule has 2 heterocycles. The van der Waals surface area contributed by atoms with E-state index < -0.39 is 0 Å². The van der Waals surface area contributed by atoms with E-state index in [9.17, 15) is 0 Å². The number of hydrogen-bond donors (Lipinski definition) is 0. The van der Waals surface area contributed by atoms with E-state index in [1.807, 2.05) is 4.57 Å². The highest BCUT2D eigenvalue weighted by molar-refractivity contribution is 6.28. The van der Waals surface area contributed by atoms with Crippen LogP contribution < -0.4 is 0 Å². The highest BCUT2D eigenvalue weighted by Gasteiger charge is 2.23. The summed E-state index contributed by atoms with van der Waals surface area (Å²) in [7, 11) is 0. The van der Waals surface area contributed by atoms with Gasteiger partial charge in [-0.2, -0.15) is 4.98 Å². The molecule has 18 heavy (non-hydrogen) atoms. The fourth-order valence-electron chi connectivity index (χ4n) is 1.69. The van der Waals surface area contributed by atoms with Gasteiger partial charge >= 0.3 is 0 Å². The Morgan fingerprint density at radius 2 is 2.00 bits per heavy atom. The summed E-state index contributed by atoms with van der Waals surface area (Å²) >= 11 is 6.05. The summed E-state index contributed by atoms with van der Waals surface area (Å²) < 4.78 is 6.81. The fraction of sp³-hybridized carbons (Fsp3) is 0.636. The Balaban J connectivity index is 2.16. The maximum absolute atomic E-state index is 6.05. The van der Waals surface area contributed by atoms with Crippen molar-refractivity contribution in [2.75, 3.05) is 0 Å². The second kappa shape index (κ2) is 4.68. The molecular formula is C11H16ClN5O. The minimum Gasteiger partial charge on any atom is -0.340 e. The van der Waals surface area contributed by atoms with E-state index in [0.29, 0.717) is 30.0 Å². The summed E-state index contributed by atoms with van der Waals surface area (Å²) in [5, 5.41) is 12.3. The summed E-state index contributed by atoms with van der Waals surface area (Å²) in [4.78, 5) is 4.16. The molecule has 0 saturated heterocycles. The van der Waals surface area contributed by atoms with Gasteiger partial charge in [0.1, 0.15) is 5.82 Å². The first-order valence-corrected chi connectivity index (χ1v) is 6.14. The number of nitrogens with zero attached hydrogens (tertiary/aromatic N) is 5. The molecule has 0 aliphatic heterocycles. The van der Waals surface area contributed by atoms with Gasteiger partial charge in [0.15, 0.2) is 5.82 Å². The van der Waals surface area contributed by atoms with Gasteiger partial charge in [-0.15, -0.1) is 10.2 Å². The molecule has 7 heteroatoms. The lowest BCUT2D eigenvalue weighted by atomic mass is 9.96. The van der Waals surface area contributed by atoms with Crippen LogP contribution in [0.5, 0.6) is 0 Å². The Labute approximate surface area is 110 Å². The average molecular weight is 270 g/mol. The molecule has 2 aromatic rings. The fourth-order valence-corrected chi connectivity index (χ4v) is 1.89. The summed E-state index contributed by atoms with van der Waals surface area (Å²) in [6.07, 6.45) is 0.637. The molecule has 0 bridgehead atoms. The van der Waals surface area contributed by atoms with Crippen molar-refractivity contribution in [2.45, 2.75) is 46.1 Å². The minimum atomic E-state index is -0.104. The Hall–Kier alpha value is -1.43. The molecule has 0 fully saturated rings. The van der Waals surface area contributed by atoms with Crippen LogP contribution in [0, 0.1) is 6.92 Å². The van der Waals surface area contributed by atoms with Gasteiger partial charge in [-0.25, -0.2) is 0 Å². The average Bonchev–Trinajstić information content (AvgIpc) is 2.81. The smallest absolute Gasteiger partial charge is 0.225 e. The van der Waals surface area contributed by atoms with Crippen LogP contribution in [-0.4, -0.2) is 24.9 Å². The van der Waals surface area contributed by atoms with Crippen molar-refractivity contribution in [3.63, 3.8) is 0 Å². The molecule has 0 radical (unpaired) electrons. The molecule has 0 N–H and O–H groups in total. The standard InChI is InChI=1S/C11H16ClN5O/c1-7-13-8(16-18-7)5-6-17-9(11(2,3)4)14-15-10(17)12/h5-6H2,1-4H3. The van der Waals surface area contributed by atoms with E-state index in [4.69, 9.17) is 16.1 Å². The van der Waals surface area contributed by atoms with E-state index in [1.54, 1.807) is 6.92 Å². The molecule has 0 aliphatic rings. The van der Waals surface area contributed by atoms with E-state index in [2.05, 4.69) is 41.1 Å². The van der Waals surface area contributed by atoms with Crippen LogP contribution in [0.2, 0.25) is 5.28 Å². The Bertz CT molecular complexity index is 540. The maximum Gasteiger partial charge on any atom is 0.225 e. The first-order chi connectivity index (χ1) is 8.38. The number of aromatic nitrogens is 5. The quantitative estimate of drug-likeness (QED) is 0.854. The van der Waals surface area contributed by atoms with Crippen LogP contribution in [0.15, 0.2) is 4.52 Å². The highest BCUT2D eigenvalue weighted by Crippen LogP contribution is 2.23. The predicted octanol–water partition coefficient (Wildman–Crippen LogP) is 2.16. The van der Waals surface area contributed by atoms with Crippen LogP contribution in [0.3, 0.4) is 0 Å². The van der Waals surface area contributed by atoms with Gasteiger partial charge in [0.05, 0.1) is 0 Å². The number of aryl methyl sites for hydroxylation is 2. The van der Waals surface area contributed by atoms with Crippen molar-refractivity contribution >= 4 is 11.6 Å². The molecule has 0 saturated carbocycles. The van der Waals surface area contributed by atoms with Gasteiger partial charge in [0, 0.05) is 25.3 Å². The Morgan fingerprint density at radius 1 is 1.28 bits per heavy atom. The van der Waals surface area contributed by atoms with Crippen molar-refractivity contribution in [1.82, 2.24) is 24.9 Å². The molecule has 98 valence electrons. The lowest BCUT2D eigenvalue weighted by Gasteiger charge is -2.18. The summed E-state index contributed by atoms with van der Waals surface area (Å²) in [5.41, 5.74) is -0.104. The molecule has 0 unspecified atom stereocenters. The summed E-state index contributed by atoms with van der Waals surface area (Å²) in [6.45, 7) is 8.62. The number of halogens is 1. The third-order valence-corrected chi connectivity index (χ3v) is 2.78.